The van der Waals surface area contributed by atoms with Gasteiger partial charge in [-0.1, -0.05) is 30.7 Å². The molecule has 27 heavy (non-hydrogen) atoms. The van der Waals surface area contributed by atoms with Gasteiger partial charge in [-0.25, -0.2) is 8.42 Å². The predicted octanol–water partition coefficient (Wildman–Crippen LogP) is 2.85. The fraction of sp³-hybridized carbons (Fsp3) is 0.588. The average molecular weight is 428 g/mol. The van der Waals surface area contributed by atoms with Crippen LogP contribution in [0.4, 0.5) is 0 Å². The first-order valence-electron chi connectivity index (χ1n) is 9.03. The van der Waals surface area contributed by atoms with Crippen molar-refractivity contribution in [3.63, 3.8) is 0 Å². The second-order valence-corrected chi connectivity index (χ2v) is 11.0. The lowest BCUT2D eigenvalue weighted by Gasteiger charge is -2.34. The van der Waals surface area contributed by atoms with Crippen LogP contribution in [0, 0.1) is 0 Å². The van der Waals surface area contributed by atoms with Crippen LogP contribution in [0.3, 0.4) is 0 Å². The van der Waals surface area contributed by atoms with Gasteiger partial charge in [0.05, 0.1) is 22.1 Å². The molecule has 2 aromatic heterocycles. The molecule has 0 bridgehead atoms. The number of hydrogen-bond donors (Lipinski definition) is 0. The van der Waals surface area contributed by atoms with E-state index in [1.54, 1.807) is 0 Å². The van der Waals surface area contributed by atoms with Crippen LogP contribution in [0.15, 0.2) is 27.2 Å². The third-order valence-corrected chi connectivity index (χ3v) is 8.48. The second-order valence-electron chi connectivity index (χ2n) is 6.94. The maximum Gasteiger partial charge on any atom is 0.277 e. The van der Waals surface area contributed by atoms with E-state index < -0.39 is 9.84 Å². The lowest BCUT2D eigenvalue weighted by Crippen LogP contribution is -2.47. The first-order valence-corrected chi connectivity index (χ1v) is 12.7. The molecule has 2 aliphatic rings. The van der Waals surface area contributed by atoms with Crippen LogP contribution in [-0.4, -0.2) is 58.8 Å². The van der Waals surface area contributed by atoms with Gasteiger partial charge in [-0.3, -0.25) is 4.79 Å². The van der Waals surface area contributed by atoms with E-state index in [4.69, 9.17) is 4.42 Å². The molecule has 1 aliphatic heterocycles. The number of carbonyl (C=O) groups excluding carboxylic acids is 1. The molecule has 0 unspecified atom stereocenters. The molecule has 7 nitrogen and oxygen atoms in total. The number of nitrogens with zero attached hydrogens (tertiary/aromatic N) is 3. The first-order chi connectivity index (χ1) is 13.0. The monoisotopic (exact) mass is 427 g/mol. The van der Waals surface area contributed by atoms with Gasteiger partial charge in [0.25, 0.3) is 11.1 Å². The highest BCUT2D eigenvalue weighted by Gasteiger charge is 2.38. The molecule has 1 amide bonds. The van der Waals surface area contributed by atoms with Crippen LogP contribution >= 0.6 is 23.1 Å². The molecular formula is C17H21N3O4S3. The van der Waals surface area contributed by atoms with Gasteiger partial charge in [0.1, 0.15) is 0 Å². The largest absolute Gasteiger partial charge is 0.410 e. The standard InChI is InChI=1S/C17H21N3O4S3/c21-15(10-26-17-19-18-16(24-17)14-6-3-8-25-14)20(12-4-1-2-5-12)13-7-9-27(22,23)11-13/h3,6,8,12-13H,1-2,4-5,7,9-11H2/t13-/m1/s1. The highest BCUT2D eigenvalue weighted by Crippen LogP contribution is 2.31. The number of thiophene rings is 1. The summed E-state index contributed by atoms with van der Waals surface area (Å²) in [5.41, 5.74) is 0. The quantitative estimate of drug-likeness (QED) is 0.654. The van der Waals surface area contributed by atoms with Crippen molar-refractivity contribution in [1.82, 2.24) is 15.1 Å². The average Bonchev–Trinajstić information content (AvgIpc) is 3.41. The fourth-order valence-corrected chi connectivity index (χ4v) is 6.84. The van der Waals surface area contributed by atoms with E-state index in [0.29, 0.717) is 17.5 Å². The molecule has 1 aliphatic carbocycles. The number of amides is 1. The zero-order chi connectivity index (χ0) is 18.9. The Morgan fingerprint density at radius 1 is 1.26 bits per heavy atom. The van der Waals surface area contributed by atoms with Crippen LogP contribution in [0.1, 0.15) is 32.1 Å². The summed E-state index contributed by atoms with van der Waals surface area (Å²) < 4.78 is 29.4. The van der Waals surface area contributed by atoms with Gasteiger partial charge in [0.2, 0.25) is 5.91 Å². The van der Waals surface area contributed by atoms with Crippen molar-refractivity contribution >= 4 is 38.8 Å². The zero-order valence-corrected chi connectivity index (χ0v) is 17.2. The summed E-state index contributed by atoms with van der Waals surface area (Å²) in [7, 11) is -3.03. The molecule has 0 aromatic carbocycles. The maximum atomic E-state index is 13.0. The highest BCUT2D eigenvalue weighted by atomic mass is 32.2. The topological polar surface area (TPSA) is 93.4 Å². The van der Waals surface area contributed by atoms with Gasteiger partial charge in [0, 0.05) is 12.1 Å². The molecule has 4 rings (SSSR count). The highest BCUT2D eigenvalue weighted by molar-refractivity contribution is 7.99. The Kier molecular flexibility index (Phi) is 5.56. The fourth-order valence-electron chi connectivity index (χ4n) is 3.85. The summed E-state index contributed by atoms with van der Waals surface area (Å²) >= 11 is 2.73. The molecule has 0 spiro atoms. The molecule has 1 saturated heterocycles. The zero-order valence-electron chi connectivity index (χ0n) is 14.7. The minimum Gasteiger partial charge on any atom is -0.410 e. The van der Waals surface area contributed by atoms with Crippen molar-refractivity contribution in [3.8, 4) is 10.8 Å². The molecule has 10 heteroatoms. The second kappa shape index (κ2) is 7.92. The van der Waals surface area contributed by atoms with Gasteiger partial charge in [0.15, 0.2) is 9.84 Å². The minimum atomic E-state index is -3.03. The van der Waals surface area contributed by atoms with Gasteiger partial charge in [-0.2, -0.15) is 0 Å². The van der Waals surface area contributed by atoms with E-state index in [2.05, 4.69) is 10.2 Å². The van der Waals surface area contributed by atoms with Crippen LogP contribution < -0.4 is 0 Å². The summed E-state index contributed by atoms with van der Waals surface area (Å²) in [5, 5.41) is 10.3. The third-order valence-electron chi connectivity index (χ3n) is 5.07. The van der Waals surface area contributed by atoms with Crippen molar-refractivity contribution in [3.05, 3.63) is 17.5 Å². The van der Waals surface area contributed by atoms with E-state index in [1.165, 1.54) is 23.1 Å². The van der Waals surface area contributed by atoms with E-state index in [9.17, 15) is 13.2 Å². The van der Waals surface area contributed by atoms with Crippen LogP contribution in [0.25, 0.3) is 10.8 Å². The van der Waals surface area contributed by atoms with Gasteiger partial charge in [-0.05, 0) is 30.7 Å². The molecule has 146 valence electrons. The summed E-state index contributed by atoms with van der Waals surface area (Å²) in [6, 6.07) is 3.77. The lowest BCUT2D eigenvalue weighted by atomic mass is 10.1. The van der Waals surface area contributed by atoms with Gasteiger partial charge >= 0.3 is 0 Å². The molecular weight excluding hydrogens is 406 g/mol. The van der Waals surface area contributed by atoms with Gasteiger partial charge < -0.3 is 9.32 Å². The maximum absolute atomic E-state index is 13.0. The summed E-state index contributed by atoms with van der Waals surface area (Å²) in [5.74, 6) is 0.858. The van der Waals surface area contributed by atoms with Crippen LogP contribution in [0.5, 0.6) is 0 Å². The summed E-state index contributed by atoms with van der Waals surface area (Å²) in [4.78, 5) is 15.7. The Morgan fingerprint density at radius 3 is 2.74 bits per heavy atom. The van der Waals surface area contributed by atoms with Crippen molar-refractivity contribution < 1.29 is 17.6 Å². The Bertz CT molecular complexity index is 888. The Balaban J connectivity index is 1.42. The van der Waals surface area contributed by atoms with Crippen molar-refractivity contribution in [1.29, 1.82) is 0 Å². The van der Waals surface area contributed by atoms with E-state index in [-0.39, 0.29) is 35.2 Å². The van der Waals surface area contributed by atoms with Gasteiger partial charge in [-0.15, -0.1) is 21.5 Å². The van der Waals surface area contributed by atoms with Crippen LogP contribution in [-0.2, 0) is 14.6 Å². The summed E-state index contributed by atoms with van der Waals surface area (Å²) in [6.45, 7) is 0. The molecule has 3 heterocycles. The van der Waals surface area contributed by atoms with Crippen molar-refractivity contribution in [2.24, 2.45) is 0 Å². The number of carbonyl (C=O) groups is 1. The Hall–Kier alpha value is -1.39. The number of rotatable bonds is 6. The molecule has 1 atom stereocenters. The van der Waals surface area contributed by atoms with Crippen molar-refractivity contribution in [2.75, 3.05) is 17.3 Å². The van der Waals surface area contributed by atoms with E-state index >= 15 is 0 Å². The number of sulfone groups is 1. The van der Waals surface area contributed by atoms with Crippen LogP contribution in [0.2, 0.25) is 0 Å². The predicted molar refractivity (Wildman–Crippen MR) is 104 cm³/mol. The molecule has 1 saturated carbocycles. The SMILES string of the molecule is O=C(CSc1nnc(-c2cccs2)o1)N(C1CCCC1)[C@@H]1CCS(=O)(=O)C1. The molecule has 0 N–H and O–H groups in total. The number of hydrogen-bond acceptors (Lipinski definition) is 8. The van der Waals surface area contributed by atoms with Crippen molar-refractivity contribution in [2.45, 2.75) is 49.4 Å². The molecule has 2 aromatic rings. The third kappa shape index (κ3) is 4.38. The number of thioether (sulfide) groups is 1. The van der Waals surface area contributed by atoms with E-state index in [1.807, 2.05) is 22.4 Å². The number of aromatic nitrogens is 2. The lowest BCUT2D eigenvalue weighted by molar-refractivity contribution is -0.132. The normalized spacial score (nSPS) is 22.3. The Morgan fingerprint density at radius 2 is 2.07 bits per heavy atom. The van der Waals surface area contributed by atoms with E-state index in [0.717, 1.165) is 30.6 Å². The molecule has 2 fully saturated rings. The Labute approximate surface area is 166 Å². The summed E-state index contributed by atoms with van der Waals surface area (Å²) in [6.07, 6.45) is 4.63. The first kappa shape index (κ1) is 18.9. The smallest absolute Gasteiger partial charge is 0.277 e. The minimum absolute atomic E-state index is 0.0372. The molecule has 0 radical (unpaired) electrons.